The van der Waals surface area contributed by atoms with Gasteiger partial charge in [-0.2, -0.15) is 0 Å². The van der Waals surface area contributed by atoms with E-state index in [1.807, 2.05) is 43.3 Å². The molecule has 0 radical (unpaired) electrons. The van der Waals surface area contributed by atoms with Crippen LogP contribution in [0.1, 0.15) is 5.69 Å². The molecule has 0 saturated carbocycles. The molecule has 0 aliphatic rings. The number of ether oxygens (including phenoxy) is 1. The van der Waals surface area contributed by atoms with Crippen LogP contribution in [0, 0.1) is 0 Å². The second kappa shape index (κ2) is 5.46. The van der Waals surface area contributed by atoms with Crippen molar-refractivity contribution in [1.82, 2.24) is 9.97 Å². The fourth-order valence-corrected chi connectivity index (χ4v) is 1.48. The van der Waals surface area contributed by atoms with Gasteiger partial charge < -0.3 is 15.4 Å². The molecule has 1 aromatic heterocycles. The topological polar surface area (TPSA) is 64.3 Å². The zero-order chi connectivity index (χ0) is 13.0. The molecule has 0 fully saturated rings. The quantitative estimate of drug-likeness (QED) is 0.888. The third-order valence-electron chi connectivity index (χ3n) is 2.43. The van der Waals surface area contributed by atoms with E-state index in [4.69, 9.17) is 10.5 Å². The SMILES string of the molecule is CN(C)c1cccc(Oc2cncc(CN)n2)c1. The van der Waals surface area contributed by atoms with Crippen LogP contribution in [-0.2, 0) is 6.54 Å². The molecule has 1 heterocycles. The lowest BCUT2D eigenvalue weighted by Gasteiger charge is -2.13. The molecule has 2 N–H and O–H groups in total. The second-order valence-corrected chi connectivity index (χ2v) is 4.05. The van der Waals surface area contributed by atoms with E-state index < -0.39 is 0 Å². The Hall–Kier alpha value is -2.14. The number of nitrogens with zero attached hydrogens (tertiary/aromatic N) is 3. The summed E-state index contributed by atoms with van der Waals surface area (Å²) in [6, 6.07) is 7.76. The maximum Gasteiger partial charge on any atom is 0.238 e. The highest BCUT2D eigenvalue weighted by molar-refractivity contribution is 5.49. The zero-order valence-electron chi connectivity index (χ0n) is 10.5. The molecule has 2 rings (SSSR count). The Labute approximate surface area is 106 Å². The first-order valence-electron chi connectivity index (χ1n) is 5.65. The maximum absolute atomic E-state index is 5.66. The van der Waals surface area contributed by atoms with Crippen LogP contribution in [0.3, 0.4) is 0 Å². The predicted molar refractivity (Wildman–Crippen MR) is 70.8 cm³/mol. The first-order valence-corrected chi connectivity index (χ1v) is 5.65. The summed E-state index contributed by atoms with van der Waals surface area (Å²) in [4.78, 5) is 10.3. The lowest BCUT2D eigenvalue weighted by Crippen LogP contribution is -2.08. The number of benzene rings is 1. The monoisotopic (exact) mass is 244 g/mol. The molecule has 18 heavy (non-hydrogen) atoms. The Kier molecular flexibility index (Phi) is 3.74. The summed E-state index contributed by atoms with van der Waals surface area (Å²) in [6.45, 7) is 0.349. The fraction of sp³-hybridized carbons (Fsp3) is 0.231. The van der Waals surface area contributed by atoms with Crippen LogP contribution in [-0.4, -0.2) is 24.1 Å². The third kappa shape index (κ3) is 2.95. The van der Waals surface area contributed by atoms with Gasteiger partial charge in [-0.15, -0.1) is 0 Å². The first-order chi connectivity index (χ1) is 8.69. The largest absolute Gasteiger partial charge is 0.437 e. The highest BCUT2D eigenvalue weighted by Gasteiger charge is 2.02. The lowest BCUT2D eigenvalue weighted by molar-refractivity contribution is 0.457. The van der Waals surface area contributed by atoms with Gasteiger partial charge in [-0.3, -0.25) is 4.98 Å². The second-order valence-electron chi connectivity index (χ2n) is 4.05. The summed E-state index contributed by atoms with van der Waals surface area (Å²) < 4.78 is 5.66. The van der Waals surface area contributed by atoms with Gasteiger partial charge in [-0.05, 0) is 12.1 Å². The van der Waals surface area contributed by atoms with Gasteiger partial charge in [0.25, 0.3) is 0 Å². The van der Waals surface area contributed by atoms with Crippen LogP contribution in [0.2, 0.25) is 0 Å². The highest BCUT2D eigenvalue weighted by Crippen LogP contribution is 2.23. The summed E-state index contributed by atoms with van der Waals surface area (Å²) in [7, 11) is 3.96. The van der Waals surface area contributed by atoms with Crippen molar-refractivity contribution in [3.05, 3.63) is 42.4 Å². The van der Waals surface area contributed by atoms with Crippen LogP contribution in [0.4, 0.5) is 5.69 Å². The molecule has 0 saturated heterocycles. The average Bonchev–Trinajstić information content (AvgIpc) is 2.39. The molecule has 0 amide bonds. The third-order valence-corrected chi connectivity index (χ3v) is 2.43. The van der Waals surface area contributed by atoms with E-state index in [2.05, 4.69) is 9.97 Å². The smallest absolute Gasteiger partial charge is 0.238 e. The molecule has 0 bridgehead atoms. The van der Waals surface area contributed by atoms with Crippen LogP contribution >= 0.6 is 0 Å². The van der Waals surface area contributed by atoms with Gasteiger partial charge in [0, 0.05) is 38.6 Å². The minimum atomic E-state index is 0.349. The first kappa shape index (κ1) is 12.3. The van der Waals surface area contributed by atoms with Gasteiger partial charge in [0.1, 0.15) is 5.75 Å². The normalized spacial score (nSPS) is 10.2. The Balaban J connectivity index is 2.20. The van der Waals surface area contributed by atoms with Crippen molar-refractivity contribution in [1.29, 1.82) is 0 Å². The number of anilines is 1. The van der Waals surface area contributed by atoms with Crippen LogP contribution in [0.25, 0.3) is 0 Å². The molecule has 0 aliphatic heterocycles. The van der Waals surface area contributed by atoms with E-state index in [0.717, 1.165) is 11.4 Å². The van der Waals surface area contributed by atoms with Crippen molar-refractivity contribution in [2.24, 2.45) is 5.73 Å². The molecular weight excluding hydrogens is 228 g/mol. The van der Waals surface area contributed by atoms with E-state index in [1.54, 1.807) is 12.4 Å². The molecule has 0 unspecified atom stereocenters. The summed E-state index contributed by atoms with van der Waals surface area (Å²) in [5, 5.41) is 0. The molecule has 0 atom stereocenters. The minimum Gasteiger partial charge on any atom is -0.437 e. The van der Waals surface area contributed by atoms with E-state index in [-0.39, 0.29) is 0 Å². The van der Waals surface area contributed by atoms with Gasteiger partial charge in [-0.1, -0.05) is 6.07 Å². The van der Waals surface area contributed by atoms with Crippen molar-refractivity contribution in [3.8, 4) is 11.6 Å². The van der Waals surface area contributed by atoms with Crippen LogP contribution in [0.15, 0.2) is 36.7 Å². The van der Waals surface area contributed by atoms with Gasteiger partial charge in [-0.25, -0.2) is 4.98 Å². The van der Waals surface area contributed by atoms with Gasteiger partial charge in [0.15, 0.2) is 0 Å². The number of hydrogen-bond acceptors (Lipinski definition) is 5. The number of nitrogens with two attached hydrogens (primary N) is 1. The number of hydrogen-bond donors (Lipinski definition) is 1. The van der Waals surface area contributed by atoms with Crippen molar-refractivity contribution >= 4 is 5.69 Å². The summed E-state index contributed by atoms with van der Waals surface area (Å²) in [6.07, 6.45) is 3.20. The van der Waals surface area contributed by atoms with E-state index in [0.29, 0.717) is 18.1 Å². The summed E-state index contributed by atoms with van der Waals surface area (Å²) in [5.74, 6) is 1.18. The van der Waals surface area contributed by atoms with Crippen molar-refractivity contribution in [3.63, 3.8) is 0 Å². The Morgan fingerprint density at radius 2 is 2.11 bits per heavy atom. The van der Waals surface area contributed by atoms with Crippen molar-refractivity contribution in [2.75, 3.05) is 19.0 Å². The lowest BCUT2D eigenvalue weighted by atomic mass is 10.3. The highest BCUT2D eigenvalue weighted by atomic mass is 16.5. The Bertz CT molecular complexity index is 528. The summed E-state index contributed by atoms with van der Waals surface area (Å²) in [5.41, 5.74) is 7.28. The molecule has 2 aromatic rings. The Morgan fingerprint density at radius 1 is 1.28 bits per heavy atom. The molecule has 1 aromatic carbocycles. The summed E-state index contributed by atoms with van der Waals surface area (Å²) >= 11 is 0. The van der Waals surface area contributed by atoms with Gasteiger partial charge >= 0.3 is 0 Å². The van der Waals surface area contributed by atoms with Crippen LogP contribution < -0.4 is 15.4 Å². The molecule has 0 aliphatic carbocycles. The van der Waals surface area contributed by atoms with Crippen molar-refractivity contribution in [2.45, 2.75) is 6.54 Å². The fourth-order valence-electron chi connectivity index (χ4n) is 1.48. The van der Waals surface area contributed by atoms with Gasteiger partial charge in [0.2, 0.25) is 5.88 Å². The van der Waals surface area contributed by atoms with Gasteiger partial charge in [0.05, 0.1) is 11.9 Å². The molecule has 94 valence electrons. The van der Waals surface area contributed by atoms with Crippen molar-refractivity contribution < 1.29 is 4.74 Å². The minimum absolute atomic E-state index is 0.349. The zero-order valence-corrected chi connectivity index (χ0v) is 10.5. The number of aromatic nitrogens is 2. The standard InChI is InChI=1S/C13H16N4O/c1-17(2)11-4-3-5-12(6-11)18-13-9-15-8-10(7-14)16-13/h3-6,8-9H,7,14H2,1-2H3. The molecule has 5 nitrogen and oxygen atoms in total. The van der Waals surface area contributed by atoms with E-state index >= 15 is 0 Å². The maximum atomic E-state index is 5.66. The van der Waals surface area contributed by atoms with E-state index in [1.165, 1.54) is 0 Å². The van der Waals surface area contributed by atoms with Crippen LogP contribution in [0.5, 0.6) is 11.6 Å². The Morgan fingerprint density at radius 3 is 2.83 bits per heavy atom. The molecule has 0 spiro atoms. The van der Waals surface area contributed by atoms with E-state index in [9.17, 15) is 0 Å². The average molecular weight is 244 g/mol. The molecule has 5 heteroatoms. The molecular formula is C13H16N4O. The number of rotatable bonds is 4. The predicted octanol–water partition coefficient (Wildman–Crippen LogP) is 1.79.